The Labute approximate surface area is 153 Å². The molecule has 2 aromatic rings. The smallest absolute Gasteiger partial charge is 0.246 e. The molecular formula is C16H24N6O3S. The van der Waals surface area contributed by atoms with Gasteiger partial charge in [-0.3, -0.25) is 14.2 Å². The standard InChI is InChI=1S/C16H24N6O3S/c1-13-10-14(2)22(18-13)5-4-16(23)20-6-8-21(9-7-20)26(24,25)15-11-17-19(3)12-15/h10-12H,4-9H2,1-3H3. The first-order valence-electron chi connectivity index (χ1n) is 8.55. The fourth-order valence-electron chi connectivity index (χ4n) is 3.12. The summed E-state index contributed by atoms with van der Waals surface area (Å²) in [5, 5.41) is 8.28. The second-order valence-corrected chi connectivity index (χ2v) is 8.47. The third kappa shape index (κ3) is 3.80. The predicted octanol–water partition coefficient (Wildman–Crippen LogP) is 0.157. The van der Waals surface area contributed by atoms with Crippen LogP contribution < -0.4 is 0 Å². The Kier molecular flexibility index (Phi) is 5.15. The van der Waals surface area contributed by atoms with Crippen LogP contribution >= 0.6 is 0 Å². The summed E-state index contributed by atoms with van der Waals surface area (Å²) in [5.74, 6) is 0.0241. The van der Waals surface area contributed by atoms with Crippen LogP contribution in [-0.4, -0.2) is 69.3 Å². The lowest BCUT2D eigenvalue weighted by atomic mass is 10.3. The van der Waals surface area contributed by atoms with Crippen molar-refractivity contribution in [1.82, 2.24) is 28.8 Å². The maximum atomic E-state index is 12.6. The van der Waals surface area contributed by atoms with Gasteiger partial charge in [0.2, 0.25) is 15.9 Å². The fraction of sp³-hybridized carbons (Fsp3) is 0.562. The highest BCUT2D eigenvalue weighted by Gasteiger charge is 2.30. The minimum absolute atomic E-state index is 0.0241. The number of aryl methyl sites for hydroxylation is 4. The molecule has 1 fully saturated rings. The molecule has 9 nitrogen and oxygen atoms in total. The van der Waals surface area contributed by atoms with Gasteiger partial charge in [0.05, 0.1) is 11.9 Å². The normalized spacial score (nSPS) is 16.2. The van der Waals surface area contributed by atoms with Gasteiger partial charge in [-0.2, -0.15) is 14.5 Å². The average molecular weight is 380 g/mol. The van der Waals surface area contributed by atoms with Gasteiger partial charge in [-0.15, -0.1) is 0 Å². The van der Waals surface area contributed by atoms with Gasteiger partial charge in [-0.1, -0.05) is 0 Å². The molecule has 1 saturated heterocycles. The number of aromatic nitrogens is 4. The van der Waals surface area contributed by atoms with Crippen molar-refractivity contribution in [3.63, 3.8) is 0 Å². The van der Waals surface area contributed by atoms with E-state index in [4.69, 9.17) is 0 Å². The summed E-state index contributed by atoms with van der Waals surface area (Å²) in [4.78, 5) is 14.3. The first-order chi connectivity index (χ1) is 12.3. The molecule has 0 aromatic carbocycles. The third-order valence-electron chi connectivity index (χ3n) is 4.55. The van der Waals surface area contributed by atoms with Crippen LogP contribution in [0.3, 0.4) is 0 Å². The number of sulfonamides is 1. The highest BCUT2D eigenvalue weighted by atomic mass is 32.2. The zero-order valence-electron chi connectivity index (χ0n) is 15.3. The first kappa shape index (κ1) is 18.6. The van der Waals surface area contributed by atoms with Crippen molar-refractivity contribution in [3.8, 4) is 0 Å². The van der Waals surface area contributed by atoms with Crippen molar-refractivity contribution < 1.29 is 13.2 Å². The Morgan fingerprint density at radius 1 is 1.19 bits per heavy atom. The molecule has 2 aromatic heterocycles. The molecule has 0 atom stereocenters. The fourth-order valence-corrected chi connectivity index (χ4v) is 4.53. The first-order valence-corrected chi connectivity index (χ1v) is 9.99. The minimum atomic E-state index is -3.55. The van der Waals surface area contributed by atoms with Gasteiger partial charge in [0.25, 0.3) is 0 Å². The monoisotopic (exact) mass is 380 g/mol. The lowest BCUT2D eigenvalue weighted by Crippen LogP contribution is -2.50. The van der Waals surface area contributed by atoms with E-state index in [0.29, 0.717) is 39.1 Å². The Bertz CT molecular complexity index is 893. The maximum absolute atomic E-state index is 12.6. The average Bonchev–Trinajstić information content (AvgIpc) is 3.18. The van der Waals surface area contributed by atoms with E-state index in [9.17, 15) is 13.2 Å². The predicted molar refractivity (Wildman–Crippen MR) is 94.9 cm³/mol. The molecule has 0 unspecified atom stereocenters. The van der Waals surface area contributed by atoms with E-state index in [2.05, 4.69) is 10.2 Å². The van der Waals surface area contributed by atoms with Gasteiger partial charge in [0, 0.05) is 58.1 Å². The largest absolute Gasteiger partial charge is 0.340 e. The third-order valence-corrected chi connectivity index (χ3v) is 6.40. The van der Waals surface area contributed by atoms with E-state index in [1.807, 2.05) is 24.6 Å². The van der Waals surface area contributed by atoms with Crippen LogP contribution in [0.25, 0.3) is 0 Å². The van der Waals surface area contributed by atoms with Gasteiger partial charge in [0.1, 0.15) is 4.90 Å². The molecule has 0 radical (unpaired) electrons. The molecule has 10 heteroatoms. The summed E-state index contributed by atoms with van der Waals surface area (Å²) in [6, 6.07) is 1.98. The molecule has 0 spiro atoms. The Balaban J connectivity index is 1.54. The van der Waals surface area contributed by atoms with Crippen LogP contribution in [0.15, 0.2) is 23.4 Å². The SMILES string of the molecule is Cc1cc(C)n(CCC(=O)N2CCN(S(=O)(=O)c3cnn(C)c3)CC2)n1. The number of hydrogen-bond acceptors (Lipinski definition) is 5. The zero-order chi connectivity index (χ0) is 18.9. The molecular weight excluding hydrogens is 356 g/mol. The highest BCUT2D eigenvalue weighted by Crippen LogP contribution is 2.17. The summed E-state index contributed by atoms with van der Waals surface area (Å²) in [7, 11) is -1.87. The van der Waals surface area contributed by atoms with Crippen molar-refractivity contribution in [2.75, 3.05) is 26.2 Å². The van der Waals surface area contributed by atoms with Crippen molar-refractivity contribution in [2.24, 2.45) is 7.05 Å². The lowest BCUT2D eigenvalue weighted by Gasteiger charge is -2.33. The summed E-state index contributed by atoms with van der Waals surface area (Å²) >= 11 is 0. The van der Waals surface area contributed by atoms with E-state index >= 15 is 0 Å². The minimum Gasteiger partial charge on any atom is -0.340 e. The molecule has 3 rings (SSSR count). The van der Waals surface area contributed by atoms with E-state index in [0.717, 1.165) is 11.4 Å². The Morgan fingerprint density at radius 3 is 2.42 bits per heavy atom. The number of amides is 1. The molecule has 0 bridgehead atoms. The van der Waals surface area contributed by atoms with Gasteiger partial charge in [-0.25, -0.2) is 8.42 Å². The zero-order valence-corrected chi connectivity index (χ0v) is 16.1. The summed E-state index contributed by atoms with van der Waals surface area (Å²) < 4.78 is 29.9. The van der Waals surface area contributed by atoms with Gasteiger partial charge in [0.15, 0.2) is 0 Å². The quantitative estimate of drug-likeness (QED) is 0.736. The number of hydrogen-bond donors (Lipinski definition) is 0. The van der Waals surface area contributed by atoms with Crippen molar-refractivity contribution >= 4 is 15.9 Å². The molecule has 1 aliphatic heterocycles. The van der Waals surface area contributed by atoms with Gasteiger partial charge in [-0.05, 0) is 19.9 Å². The number of rotatable bonds is 5. The van der Waals surface area contributed by atoms with Crippen LogP contribution in [0.1, 0.15) is 17.8 Å². The number of piperazine rings is 1. The lowest BCUT2D eigenvalue weighted by molar-refractivity contribution is -0.132. The Morgan fingerprint density at radius 2 is 1.88 bits per heavy atom. The van der Waals surface area contributed by atoms with Gasteiger partial charge < -0.3 is 4.90 Å². The molecule has 0 aliphatic carbocycles. The van der Waals surface area contributed by atoms with Gasteiger partial charge >= 0.3 is 0 Å². The molecule has 0 saturated carbocycles. The van der Waals surface area contributed by atoms with Crippen LogP contribution in [-0.2, 0) is 28.4 Å². The summed E-state index contributed by atoms with van der Waals surface area (Å²) in [6.07, 6.45) is 3.19. The second-order valence-electron chi connectivity index (χ2n) is 6.53. The van der Waals surface area contributed by atoms with Crippen LogP contribution in [0.4, 0.5) is 0 Å². The Hall–Kier alpha value is -2.20. The topological polar surface area (TPSA) is 93.3 Å². The summed E-state index contributed by atoms with van der Waals surface area (Å²) in [5.41, 5.74) is 1.96. The van der Waals surface area contributed by atoms with Crippen LogP contribution in [0, 0.1) is 13.8 Å². The number of carbonyl (C=O) groups excluding carboxylic acids is 1. The molecule has 3 heterocycles. The van der Waals surface area contributed by atoms with Crippen molar-refractivity contribution in [3.05, 3.63) is 29.8 Å². The van der Waals surface area contributed by atoms with E-state index < -0.39 is 10.0 Å². The maximum Gasteiger partial charge on any atom is 0.246 e. The van der Waals surface area contributed by atoms with Crippen molar-refractivity contribution in [2.45, 2.75) is 31.7 Å². The number of carbonyl (C=O) groups is 1. The van der Waals surface area contributed by atoms with Crippen LogP contribution in [0.2, 0.25) is 0 Å². The molecule has 0 N–H and O–H groups in total. The highest BCUT2D eigenvalue weighted by molar-refractivity contribution is 7.89. The molecule has 1 amide bonds. The van der Waals surface area contributed by atoms with Crippen LogP contribution in [0.5, 0.6) is 0 Å². The van der Waals surface area contributed by atoms with E-state index in [1.165, 1.54) is 21.4 Å². The van der Waals surface area contributed by atoms with Crippen molar-refractivity contribution in [1.29, 1.82) is 0 Å². The number of nitrogens with zero attached hydrogens (tertiary/aromatic N) is 6. The molecule has 26 heavy (non-hydrogen) atoms. The summed E-state index contributed by atoms with van der Waals surface area (Å²) in [6.45, 7) is 5.81. The molecule has 142 valence electrons. The molecule has 1 aliphatic rings. The van der Waals surface area contributed by atoms with E-state index in [-0.39, 0.29) is 10.8 Å². The van der Waals surface area contributed by atoms with E-state index in [1.54, 1.807) is 11.9 Å². The second kappa shape index (κ2) is 7.20.